The summed E-state index contributed by atoms with van der Waals surface area (Å²) in [6.07, 6.45) is -1.52. The van der Waals surface area contributed by atoms with E-state index < -0.39 is 36.2 Å². The van der Waals surface area contributed by atoms with Gasteiger partial charge in [0.05, 0.1) is 18.2 Å². The number of hydrogen-bond donors (Lipinski definition) is 5. The van der Waals surface area contributed by atoms with E-state index in [1.165, 1.54) is 6.92 Å². The zero-order valence-electron chi connectivity index (χ0n) is 8.88. The van der Waals surface area contributed by atoms with Crippen LogP contribution in [-0.4, -0.2) is 58.0 Å². The van der Waals surface area contributed by atoms with Crippen molar-refractivity contribution in [3.05, 3.63) is 0 Å². The van der Waals surface area contributed by atoms with Crippen LogP contribution in [0.3, 0.4) is 0 Å². The predicted octanol–water partition coefficient (Wildman–Crippen LogP) is -2.34. The van der Waals surface area contributed by atoms with E-state index in [1.807, 2.05) is 0 Å². The normalized spacial score (nSPS) is 28.4. The van der Waals surface area contributed by atoms with Gasteiger partial charge in [-0.3, -0.25) is 4.79 Å². The molecule has 1 fully saturated rings. The number of β-amino-alcohol motifs (C(OH)–C–C–N with tert-alkyl or cyclic N) is 1. The number of aliphatic hydroxyl groups is 2. The van der Waals surface area contributed by atoms with Crippen LogP contribution in [0.15, 0.2) is 0 Å². The van der Waals surface area contributed by atoms with E-state index in [-0.39, 0.29) is 6.42 Å². The van der Waals surface area contributed by atoms with Crippen LogP contribution in [0.1, 0.15) is 13.3 Å². The Morgan fingerprint density at radius 2 is 2.12 bits per heavy atom. The standard InChI is InChI=1S/C9H16N2O5/c1-4(12)7(9(15)16)11-8(14)6-2-5(13)3-10-6/h4-7,10,12-13H,2-3H2,1H3,(H,11,14)(H,15,16). The molecule has 0 aromatic heterocycles. The van der Waals surface area contributed by atoms with E-state index in [1.54, 1.807) is 0 Å². The highest BCUT2D eigenvalue weighted by Crippen LogP contribution is 2.07. The molecule has 5 N–H and O–H groups in total. The first kappa shape index (κ1) is 12.9. The van der Waals surface area contributed by atoms with Crippen LogP contribution in [0.2, 0.25) is 0 Å². The molecule has 16 heavy (non-hydrogen) atoms. The number of rotatable bonds is 4. The summed E-state index contributed by atoms with van der Waals surface area (Å²) in [5.41, 5.74) is 0. The van der Waals surface area contributed by atoms with Gasteiger partial charge in [0.15, 0.2) is 6.04 Å². The topological polar surface area (TPSA) is 119 Å². The van der Waals surface area contributed by atoms with Gasteiger partial charge < -0.3 is 26.0 Å². The first-order valence-corrected chi connectivity index (χ1v) is 5.04. The maximum atomic E-state index is 11.6. The van der Waals surface area contributed by atoms with Crippen molar-refractivity contribution in [3.8, 4) is 0 Å². The summed E-state index contributed by atoms with van der Waals surface area (Å²) in [4.78, 5) is 22.3. The van der Waals surface area contributed by atoms with Gasteiger partial charge >= 0.3 is 5.97 Å². The average Bonchev–Trinajstić information content (AvgIpc) is 2.59. The van der Waals surface area contributed by atoms with Crippen LogP contribution in [0, 0.1) is 0 Å². The van der Waals surface area contributed by atoms with Gasteiger partial charge in [-0.05, 0) is 13.3 Å². The summed E-state index contributed by atoms with van der Waals surface area (Å²) in [6.45, 7) is 1.60. The lowest BCUT2D eigenvalue weighted by Crippen LogP contribution is -2.52. The molecule has 4 atom stereocenters. The number of aliphatic hydroxyl groups excluding tert-OH is 2. The second-order valence-electron chi connectivity index (χ2n) is 3.92. The van der Waals surface area contributed by atoms with Gasteiger partial charge in [-0.25, -0.2) is 4.79 Å². The number of nitrogens with one attached hydrogen (secondary N) is 2. The Labute approximate surface area is 92.5 Å². The molecule has 0 aromatic carbocycles. The molecule has 1 amide bonds. The molecule has 1 rings (SSSR count). The molecule has 0 aromatic rings. The van der Waals surface area contributed by atoms with E-state index in [0.717, 1.165) is 0 Å². The van der Waals surface area contributed by atoms with Crippen LogP contribution < -0.4 is 10.6 Å². The van der Waals surface area contributed by atoms with Gasteiger partial charge in [0.1, 0.15) is 0 Å². The maximum Gasteiger partial charge on any atom is 0.328 e. The van der Waals surface area contributed by atoms with Crippen molar-refractivity contribution >= 4 is 11.9 Å². The van der Waals surface area contributed by atoms with Crippen molar-refractivity contribution < 1.29 is 24.9 Å². The lowest BCUT2D eigenvalue weighted by molar-refractivity contribution is -0.145. The van der Waals surface area contributed by atoms with E-state index in [0.29, 0.717) is 6.54 Å². The monoisotopic (exact) mass is 232 g/mol. The fourth-order valence-electron chi connectivity index (χ4n) is 1.56. The Bertz CT molecular complexity index is 281. The molecule has 1 heterocycles. The van der Waals surface area contributed by atoms with Crippen LogP contribution in [0.5, 0.6) is 0 Å². The summed E-state index contributed by atoms with van der Waals surface area (Å²) < 4.78 is 0. The van der Waals surface area contributed by atoms with Crippen LogP contribution >= 0.6 is 0 Å². The third kappa shape index (κ3) is 3.16. The Morgan fingerprint density at radius 1 is 1.50 bits per heavy atom. The summed E-state index contributed by atoms with van der Waals surface area (Å²) >= 11 is 0. The maximum absolute atomic E-state index is 11.6. The van der Waals surface area contributed by atoms with Gasteiger partial charge in [0.25, 0.3) is 0 Å². The van der Waals surface area contributed by atoms with Crippen molar-refractivity contribution in [1.29, 1.82) is 0 Å². The zero-order chi connectivity index (χ0) is 12.3. The van der Waals surface area contributed by atoms with Crippen LogP contribution in [-0.2, 0) is 9.59 Å². The highest BCUT2D eigenvalue weighted by Gasteiger charge is 2.32. The Kier molecular flexibility index (Phi) is 4.22. The smallest absolute Gasteiger partial charge is 0.328 e. The van der Waals surface area contributed by atoms with Crippen molar-refractivity contribution in [2.75, 3.05) is 6.54 Å². The number of carboxylic acid groups (broad SMARTS) is 1. The Balaban J connectivity index is 2.52. The van der Waals surface area contributed by atoms with Crippen LogP contribution in [0.4, 0.5) is 0 Å². The van der Waals surface area contributed by atoms with Crippen molar-refractivity contribution in [2.24, 2.45) is 0 Å². The molecule has 0 radical (unpaired) electrons. The summed E-state index contributed by atoms with van der Waals surface area (Å²) in [5.74, 6) is -1.81. The SMILES string of the molecule is CC(O)C(NC(=O)C1CC(O)CN1)C(=O)O. The number of carbonyl (C=O) groups excluding carboxylic acids is 1. The molecule has 0 spiro atoms. The number of amides is 1. The summed E-state index contributed by atoms with van der Waals surface area (Å²) in [7, 11) is 0. The second kappa shape index (κ2) is 5.24. The minimum absolute atomic E-state index is 0.248. The van der Waals surface area contributed by atoms with Gasteiger partial charge in [-0.1, -0.05) is 0 Å². The number of aliphatic carboxylic acids is 1. The lowest BCUT2D eigenvalue weighted by atomic mass is 10.1. The van der Waals surface area contributed by atoms with Gasteiger partial charge in [-0.2, -0.15) is 0 Å². The van der Waals surface area contributed by atoms with Crippen molar-refractivity contribution in [1.82, 2.24) is 10.6 Å². The van der Waals surface area contributed by atoms with Crippen LogP contribution in [0.25, 0.3) is 0 Å². The molecule has 1 aliphatic rings. The molecular weight excluding hydrogens is 216 g/mol. The fourth-order valence-corrected chi connectivity index (χ4v) is 1.56. The molecular formula is C9H16N2O5. The highest BCUT2D eigenvalue weighted by atomic mass is 16.4. The largest absolute Gasteiger partial charge is 0.480 e. The predicted molar refractivity (Wildman–Crippen MR) is 53.7 cm³/mol. The fraction of sp³-hybridized carbons (Fsp3) is 0.778. The Hall–Kier alpha value is -1.18. The minimum atomic E-state index is -1.33. The molecule has 1 aliphatic heterocycles. The Morgan fingerprint density at radius 3 is 2.50 bits per heavy atom. The molecule has 0 aliphatic carbocycles. The zero-order valence-corrected chi connectivity index (χ0v) is 8.88. The number of carbonyl (C=O) groups is 2. The molecule has 4 unspecified atom stereocenters. The molecule has 7 nitrogen and oxygen atoms in total. The first-order chi connectivity index (χ1) is 7.41. The minimum Gasteiger partial charge on any atom is -0.480 e. The third-order valence-electron chi connectivity index (χ3n) is 2.47. The highest BCUT2D eigenvalue weighted by molar-refractivity contribution is 5.87. The molecule has 92 valence electrons. The van der Waals surface area contributed by atoms with E-state index in [9.17, 15) is 14.7 Å². The average molecular weight is 232 g/mol. The molecule has 0 bridgehead atoms. The van der Waals surface area contributed by atoms with Gasteiger partial charge in [-0.15, -0.1) is 0 Å². The second-order valence-corrected chi connectivity index (χ2v) is 3.92. The van der Waals surface area contributed by atoms with Gasteiger partial charge in [0, 0.05) is 6.54 Å². The molecule has 0 saturated carbocycles. The van der Waals surface area contributed by atoms with E-state index in [2.05, 4.69) is 10.6 Å². The van der Waals surface area contributed by atoms with Gasteiger partial charge in [0.2, 0.25) is 5.91 Å². The lowest BCUT2D eigenvalue weighted by Gasteiger charge is -2.19. The summed E-state index contributed by atoms with van der Waals surface area (Å²) in [6, 6.07) is -1.93. The van der Waals surface area contributed by atoms with Crippen molar-refractivity contribution in [3.63, 3.8) is 0 Å². The summed E-state index contributed by atoms with van der Waals surface area (Å²) in [5, 5.41) is 32.1. The molecule has 7 heteroatoms. The van der Waals surface area contributed by atoms with Crippen molar-refractivity contribution in [2.45, 2.75) is 37.6 Å². The number of carboxylic acids is 1. The third-order valence-corrected chi connectivity index (χ3v) is 2.47. The quantitative estimate of drug-likeness (QED) is 0.370. The first-order valence-electron chi connectivity index (χ1n) is 5.04. The number of hydrogen-bond acceptors (Lipinski definition) is 5. The van der Waals surface area contributed by atoms with E-state index >= 15 is 0 Å². The molecule has 1 saturated heterocycles. The van der Waals surface area contributed by atoms with E-state index in [4.69, 9.17) is 10.2 Å².